The Labute approximate surface area is 161 Å². The smallest absolute Gasteiger partial charge is 0.321 e. The SMILES string of the molecule is CCCC[C@H](CC)CN[C@@H](CC(=O)Nc1ccc(OC)cc1OC)C(=O)O. The molecule has 0 fully saturated rings. The predicted octanol–water partition coefficient (Wildman–Crippen LogP) is 3.29. The van der Waals surface area contributed by atoms with Crippen LogP contribution >= 0.6 is 0 Å². The van der Waals surface area contributed by atoms with E-state index in [0.29, 0.717) is 29.6 Å². The Bertz CT molecular complexity index is 606. The van der Waals surface area contributed by atoms with E-state index in [4.69, 9.17) is 9.47 Å². The average Bonchev–Trinajstić information content (AvgIpc) is 2.67. The lowest BCUT2D eigenvalue weighted by Crippen LogP contribution is -2.42. The standard InChI is InChI=1S/C20H32N2O5/c1-5-7-8-14(6-2)13-21-17(20(24)25)12-19(23)22-16-10-9-15(26-3)11-18(16)27-4/h9-11,14,17,21H,5-8,12-13H2,1-4H3,(H,22,23)(H,24,25)/t14-,17-/m0/s1. The summed E-state index contributed by atoms with van der Waals surface area (Å²) in [6.45, 7) is 4.82. The number of amides is 1. The summed E-state index contributed by atoms with van der Waals surface area (Å²) in [7, 11) is 3.04. The molecule has 3 N–H and O–H groups in total. The second-order valence-corrected chi connectivity index (χ2v) is 6.53. The summed E-state index contributed by atoms with van der Waals surface area (Å²) in [4.78, 5) is 23.9. The van der Waals surface area contributed by atoms with Crippen molar-refractivity contribution in [3.8, 4) is 11.5 Å². The molecule has 0 aliphatic heterocycles. The van der Waals surface area contributed by atoms with Crippen LogP contribution in [0.1, 0.15) is 46.0 Å². The Morgan fingerprint density at radius 3 is 2.48 bits per heavy atom. The highest BCUT2D eigenvalue weighted by atomic mass is 16.5. The maximum absolute atomic E-state index is 12.3. The summed E-state index contributed by atoms with van der Waals surface area (Å²) in [5.74, 6) is 0.0504. The molecule has 0 radical (unpaired) electrons. The van der Waals surface area contributed by atoms with Gasteiger partial charge in [0.15, 0.2) is 0 Å². The van der Waals surface area contributed by atoms with Gasteiger partial charge in [0.05, 0.1) is 26.3 Å². The highest BCUT2D eigenvalue weighted by molar-refractivity contribution is 5.95. The van der Waals surface area contributed by atoms with E-state index in [1.807, 2.05) is 0 Å². The van der Waals surface area contributed by atoms with Crippen LogP contribution in [0.2, 0.25) is 0 Å². The van der Waals surface area contributed by atoms with Gasteiger partial charge in [-0.25, -0.2) is 0 Å². The zero-order valence-electron chi connectivity index (χ0n) is 16.7. The Morgan fingerprint density at radius 1 is 1.19 bits per heavy atom. The van der Waals surface area contributed by atoms with Crippen molar-refractivity contribution in [2.45, 2.75) is 52.0 Å². The molecule has 0 heterocycles. The zero-order valence-corrected chi connectivity index (χ0v) is 16.7. The Morgan fingerprint density at radius 2 is 1.93 bits per heavy atom. The Kier molecular flexibility index (Phi) is 10.3. The molecule has 0 aliphatic rings. The van der Waals surface area contributed by atoms with E-state index < -0.39 is 12.0 Å². The van der Waals surface area contributed by atoms with Gasteiger partial charge >= 0.3 is 5.97 Å². The summed E-state index contributed by atoms with van der Waals surface area (Å²) >= 11 is 0. The van der Waals surface area contributed by atoms with Gasteiger partial charge in [-0.2, -0.15) is 0 Å². The van der Waals surface area contributed by atoms with Crippen LogP contribution in [0.3, 0.4) is 0 Å². The van der Waals surface area contributed by atoms with Crippen molar-refractivity contribution in [2.75, 3.05) is 26.1 Å². The monoisotopic (exact) mass is 380 g/mol. The van der Waals surface area contributed by atoms with Gasteiger partial charge in [-0.15, -0.1) is 0 Å². The van der Waals surface area contributed by atoms with Crippen molar-refractivity contribution < 1.29 is 24.2 Å². The van der Waals surface area contributed by atoms with E-state index in [1.165, 1.54) is 7.11 Å². The number of nitrogens with one attached hydrogen (secondary N) is 2. The number of carboxylic acids is 1. The number of aliphatic carboxylic acids is 1. The molecule has 0 aliphatic carbocycles. The van der Waals surface area contributed by atoms with Crippen molar-refractivity contribution in [3.63, 3.8) is 0 Å². The lowest BCUT2D eigenvalue weighted by Gasteiger charge is -2.20. The minimum atomic E-state index is -1.03. The highest BCUT2D eigenvalue weighted by Gasteiger charge is 2.22. The van der Waals surface area contributed by atoms with E-state index in [0.717, 1.165) is 25.7 Å². The van der Waals surface area contributed by atoms with Gasteiger partial charge < -0.3 is 25.2 Å². The van der Waals surface area contributed by atoms with Crippen LogP contribution in [-0.4, -0.2) is 43.8 Å². The summed E-state index contributed by atoms with van der Waals surface area (Å²) in [5.41, 5.74) is 0.474. The number of ether oxygens (including phenoxy) is 2. The lowest BCUT2D eigenvalue weighted by molar-refractivity contribution is -0.141. The molecule has 1 aromatic rings. The molecule has 0 spiro atoms. The molecular formula is C20H32N2O5. The molecule has 1 amide bonds. The molecule has 0 saturated carbocycles. The zero-order chi connectivity index (χ0) is 20.2. The molecule has 0 bridgehead atoms. The predicted molar refractivity (Wildman–Crippen MR) is 106 cm³/mol. The molecule has 1 aromatic carbocycles. The highest BCUT2D eigenvalue weighted by Crippen LogP contribution is 2.29. The molecule has 1 rings (SSSR count). The number of methoxy groups -OCH3 is 2. The van der Waals surface area contributed by atoms with E-state index in [1.54, 1.807) is 25.3 Å². The maximum atomic E-state index is 12.3. The first kappa shape index (κ1) is 22.8. The average molecular weight is 380 g/mol. The van der Waals surface area contributed by atoms with Gasteiger partial charge in [-0.3, -0.25) is 9.59 Å². The lowest BCUT2D eigenvalue weighted by atomic mass is 9.99. The van der Waals surface area contributed by atoms with E-state index in [2.05, 4.69) is 24.5 Å². The molecule has 0 unspecified atom stereocenters. The van der Waals surface area contributed by atoms with Gasteiger partial charge in [0.25, 0.3) is 0 Å². The van der Waals surface area contributed by atoms with E-state index in [-0.39, 0.29) is 12.3 Å². The molecule has 7 nitrogen and oxygen atoms in total. The number of anilines is 1. The minimum absolute atomic E-state index is 0.158. The van der Waals surface area contributed by atoms with Crippen LogP contribution in [-0.2, 0) is 9.59 Å². The first-order chi connectivity index (χ1) is 12.9. The molecule has 27 heavy (non-hydrogen) atoms. The third kappa shape index (κ3) is 7.86. The van der Waals surface area contributed by atoms with Crippen LogP contribution in [0, 0.1) is 5.92 Å². The molecule has 152 valence electrons. The third-order valence-corrected chi connectivity index (χ3v) is 4.57. The van der Waals surface area contributed by atoms with Crippen LogP contribution in [0.4, 0.5) is 5.69 Å². The fraction of sp³-hybridized carbons (Fsp3) is 0.600. The number of carboxylic acid groups (broad SMARTS) is 1. The molecule has 2 atom stereocenters. The van der Waals surface area contributed by atoms with Gasteiger partial charge in [0, 0.05) is 6.07 Å². The van der Waals surface area contributed by atoms with Gasteiger partial charge in [-0.1, -0.05) is 33.1 Å². The molecule has 7 heteroatoms. The van der Waals surface area contributed by atoms with Gasteiger partial charge in [0.2, 0.25) is 5.91 Å². The summed E-state index contributed by atoms with van der Waals surface area (Å²) < 4.78 is 10.4. The molecular weight excluding hydrogens is 348 g/mol. The topological polar surface area (TPSA) is 96.9 Å². The number of carbonyl (C=O) groups excluding carboxylic acids is 1. The number of hydrogen-bond acceptors (Lipinski definition) is 5. The van der Waals surface area contributed by atoms with E-state index >= 15 is 0 Å². The summed E-state index contributed by atoms with van der Waals surface area (Å²) in [6, 6.07) is 4.09. The minimum Gasteiger partial charge on any atom is -0.497 e. The van der Waals surface area contributed by atoms with Crippen molar-refractivity contribution in [3.05, 3.63) is 18.2 Å². The third-order valence-electron chi connectivity index (χ3n) is 4.57. The van der Waals surface area contributed by atoms with Crippen molar-refractivity contribution in [1.29, 1.82) is 0 Å². The van der Waals surface area contributed by atoms with Crippen molar-refractivity contribution >= 4 is 17.6 Å². The van der Waals surface area contributed by atoms with Gasteiger partial charge in [-0.05, 0) is 31.0 Å². The second kappa shape index (κ2) is 12.2. The van der Waals surface area contributed by atoms with Gasteiger partial charge in [0.1, 0.15) is 17.5 Å². The number of hydrogen-bond donors (Lipinski definition) is 3. The Hall–Kier alpha value is -2.28. The van der Waals surface area contributed by atoms with Crippen LogP contribution < -0.4 is 20.1 Å². The molecule has 0 aromatic heterocycles. The number of rotatable bonds is 13. The summed E-state index contributed by atoms with van der Waals surface area (Å²) in [6.07, 6.45) is 4.12. The number of benzene rings is 1. The van der Waals surface area contributed by atoms with Crippen molar-refractivity contribution in [2.24, 2.45) is 5.92 Å². The maximum Gasteiger partial charge on any atom is 0.321 e. The quantitative estimate of drug-likeness (QED) is 0.486. The van der Waals surface area contributed by atoms with Crippen LogP contribution in [0.15, 0.2) is 18.2 Å². The Balaban J connectivity index is 2.66. The first-order valence-electron chi connectivity index (χ1n) is 9.43. The largest absolute Gasteiger partial charge is 0.497 e. The van der Waals surface area contributed by atoms with Crippen LogP contribution in [0.25, 0.3) is 0 Å². The fourth-order valence-electron chi connectivity index (χ4n) is 2.79. The first-order valence-corrected chi connectivity index (χ1v) is 9.43. The second-order valence-electron chi connectivity index (χ2n) is 6.53. The molecule has 0 saturated heterocycles. The summed E-state index contributed by atoms with van der Waals surface area (Å²) in [5, 5.41) is 15.2. The van der Waals surface area contributed by atoms with E-state index in [9.17, 15) is 14.7 Å². The van der Waals surface area contributed by atoms with Crippen molar-refractivity contribution in [1.82, 2.24) is 5.32 Å². The number of carbonyl (C=O) groups is 2. The van der Waals surface area contributed by atoms with Crippen LogP contribution in [0.5, 0.6) is 11.5 Å². The normalized spacial score (nSPS) is 12.9. The number of unbranched alkanes of at least 4 members (excludes halogenated alkanes) is 1. The fourth-order valence-corrected chi connectivity index (χ4v) is 2.79.